The summed E-state index contributed by atoms with van der Waals surface area (Å²) < 4.78 is 0.493. The second-order valence-electron chi connectivity index (χ2n) is 4.34. The average molecular weight is 369 g/mol. The maximum absolute atomic E-state index is 11.6. The number of rotatable bonds is 5. The van der Waals surface area contributed by atoms with Gasteiger partial charge in [-0.05, 0) is 40.5 Å². The summed E-state index contributed by atoms with van der Waals surface area (Å²) >= 11 is 4.52. The summed E-state index contributed by atoms with van der Waals surface area (Å²) in [5, 5.41) is 9.48. The summed E-state index contributed by atoms with van der Waals surface area (Å²) in [5.74, 6) is -0.991. The number of benzene rings is 1. The number of carboxylic acids is 1. The lowest BCUT2D eigenvalue weighted by Crippen LogP contribution is -2.09. The van der Waals surface area contributed by atoms with Crippen LogP contribution in [-0.4, -0.2) is 21.0 Å². The number of carbonyl (C=O) groups is 1. The second-order valence-corrected chi connectivity index (χ2v) is 6.26. The van der Waals surface area contributed by atoms with Crippen molar-refractivity contribution in [2.24, 2.45) is 0 Å². The fraction of sp³-hybridized carbons (Fsp3) is 0.214. The molecule has 0 unspecified atom stereocenters. The first-order valence-corrected chi connectivity index (χ1v) is 7.91. The van der Waals surface area contributed by atoms with Crippen LogP contribution in [0.5, 0.6) is 0 Å². The molecule has 0 amide bonds. The van der Waals surface area contributed by atoms with Crippen molar-refractivity contribution < 1.29 is 9.90 Å². The molecule has 1 aromatic carbocycles. The van der Waals surface area contributed by atoms with Gasteiger partial charge in [-0.2, -0.15) is 0 Å². The van der Waals surface area contributed by atoms with E-state index in [1.54, 1.807) is 12.1 Å². The molecule has 0 aliphatic rings. The third-order valence-corrected chi connectivity index (χ3v) is 4.20. The number of hydrogen-bond acceptors (Lipinski definition) is 4. The highest BCUT2D eigenvalue weighted by Crippen LogP contribution is 2.28. The number of halogens is 1. The number of aromatic amines is 1. The molecule has 7 heteroatoms. The van der Waals surface area contributed by atoms with Gasteiger partial charge in [0.15, 0.2) is 5.16 Å². The van der Waals surface area contributed by atoms with Gasteiger partial charge >= 0.3 is 5.97 Å². The van der Waals surface area contributed by atoms with Crippen LogP contribution in [0.25, 0.3) is 0 Å². The van der Waals surface area contributed by atoms with Crippen LogP contribution in [0.3, 0.4) is 0 Å². The topological polar surface area (TPSA) is 83.0 Å². The van der Waals surface area contributed by atoms with Crippen molar-refractivity contribution >= 4 is 33.7 Å². The molecule has 0 spiro atoms. The lowest BCUT2D eigenvalue weighted by molar-refractivity contribution is 0.0696. The quantitative estimate of drug-likeness (QED) is 0.790. The SMILES string of the molecule is CCCc1cc(=O)[nH]c(Sc2ccc(C(=O)O)c(Br)c2)n1. The van der Waals surface area contributed by atoms with Crippen LogP contribution in [0, 0.1) is 0 Å². The molecule has 0 radical (unpaired) electrons. The van der Waals surface area contributed by atoms with E-state index in [0.717, 1.165) is 23.4 Å². The summed E-state index contributed by atoms with van der Waals surface area (Å²) in [5.41, 5.74) is 0.766. The lowest BCUT2D eigenvalue weighted by Gasteiger charge is -2.05. The number of carboxylic acid groups (broad SMARTS) is 1. The van der Waals surface area contributed by atoms with Crippen LogP contribution in [0.1, 0.15) is 29.4 Å². The molecule has 2 N–H and O–H groups in total. The average Bonchev–Trinajstić information content (AvgIpc) is 2.37. The number of aromatic carboxylic acids is 1. The number of nitrogens with one attached hydrogen (secondary N) is 1. The molecule has 0 saturated heterocycles. The first-order chi connectivity index (χ1) is 9.99. The van der Waals surface area contributed by atoms with Crippen LogP contribution in [0.4, 0.5) is 0 Å². The van der Waals surface area contributed by atoms with Crippen LogP contribution in [0.2, 0.25) is 0 Å². The zero-order chi connectivity index (χ0) is 15.4. The molecule has 2 aromatic rings. The van der Waals surface area contributed by atoms with Gasteiger partial charge in [0.05, 0.1) is 5.56 Å². The highest BCUT2D eigenvalue weighted by Gasteiger charge is 2.10. The van der Waals surface area contributed by atoms with E-state index in [0.29, 0.717) is 9.63 Å². The zero-order valence-corrected chi connectivity index (χ0v) is 13.6. The lowest BCUT2D eigenvalue weighted by atomic mass is 10.2. The molecule has 2 rings (SSSR count). The normalized spacial score (nSPS) is 10.6. The van der Waals surface area contributed by atoms with Crippen LogP contribution in [0.15, 0.2) is 43.6 Å². The minimum atomic E-state index is -0.991. The molecule has 0 atom stereocenters. The molecule has 0 fully saturated rings. The highest BCUT2D eigenvalue weighted by atomic mass is 79.9. The largest absolute Gasteiger partial charge is 0.478 e. The Hall–Kier alpha value is -1.60. The molecular weight excluding hydrogens is 356 g/mol. The van der Waals surface area contributed by atoms with Gasteiger partial charge in [-0.3, -0.25) is 4.79 Å². The molecule has 0 bridgehead atoms. The van der Waals surface area contributed by atoms with E-state index in [1.165, 1.54) is 23.9 Å². The van der Waals surface area contributed by atoms with Gasteiger partial charge < -0.3 is 10.1 Å². The van der Waals surface area contributed by atoms with Crippen molar-refractivity contribution in [3.05, 3.63) is 50.3 Å². The number of hydrogen-bond donors (Lipinski definition) is 2. The minimum absolute atomic E-state index is 0.183. The molecular formula is C14H13BrN2O3S. The predicted octanol–water partition coefficient (Wildman–Crippen LogP) is 3.33. The van der Waals surface area contributed by atoms with Crippen molar-refractivity contribution in [2.45, 2.75) is 29.8 Å². The van der Waals surface area contributed by atoms with E-state index in [2.05, 4.69) is 25.9 Å². The Morgan fingerprint density at radius 1 is 1.43 bits per heavy atom. The Kier molecular flexibility index (Phi) is 5.19. The smallest absolute Gasteiger partial charge is 0.336 e. The van der Waals surface area contributed by atoms with Crippen LogP contribution in [-0.2, 0) is 6.42 Å². The van der Waals surface area contributed by atoms with Gasteiger partial charge in [-0.25, -0.2) is 9.78 Å². The Balaban J connectivity index is 2.28. The van der Waals surface area contributed by atoms with E-state index in [4.69, 9.17) is 5.11 Å². The van der Waals surface area contributed by atoms with Crippen molar-refractivity contribution in [3.63, 3.8) is 0 Å². The fourth-order valence-electron chi connectivity index (χ4n) is 1.76. The fourth-order valence-corrected chi connectivity index (χ4v) is 3.31. The Labute approximate surface area is 133 Å². The number of H-pyrrole nitrogens is 1. The van der Waals surface area contributed by atoms with Gasteiger partial charge in [0.25, 0.3) is 5.56 Å². The maximum Gasteiger partial charge on any atom is 0.336 e. The monoisotopic (exact) mass is 368 g/mol. The summed E-state index contributed by atoms with van der Waals surface area (Å²) in [7, 11) is 0. The van der Waals surface area contributed by atoms with Gasteiger partial charge in [-0.15, -0.1) is 0 Å². The standard InChI is InChI=1S/C14H13BrN2O3S/c1-2-3-8-6-12(18)17-14(16-8)21-9-4-5-10(13(19)20)11(15)7-9/h4-7H,2-3H2,1H3,(H,19,20)(H,16,17,18). The molecule has 21 heavy (non-hydrogen) atoms. The Morgan fingerprint density at radius 2 is 2.19 bits per heavy atom. The predicted molar refractivity (Wildman–Crippen MR) is 84.1 cm³/mol. The molecule has 1 heterocycles. The number of aromatic nitrogens is 2. The molecule has 5 nitrogen and oxygen atoms in total. The zero-order valence-electron chi connectivity index (χ0n) is 11.2. The van der Waals surface area contributed by atoms with Gasteiger partial charge in [0.2, 0.25) is 0 Å². The van der Waals surface area contributed by atoms with Crippen molar-refractivity contribution in [1.82, 2.24) is 9.97 Å². The van der Waals surface area contributed by atoms with E-state index in [-0.39, 0.29) is 11.1 Å². The van der Waals surface area contributed by atoms with Crippen molar-refractivity contribution in [1.29, 1.82) is 0 Å². The Bertz CT molecular complexity index is 730. The number of aryl methyl sites for hydroxylation is 1. The molecule has 0 saturated carbocycles. The summed E-state index contributed by atoms with van der Waals surface area (Å²) in [4.78, 5) is 30.4. The van der Waals surface area contributed by atoms with E-state index < -0.39 is 5.97 Å². The van der Waals surface area contributed by atoms with Gasteiger partial charge in [0, 0.05) is 21.1 Å². The maximum atomic E-state index is 11.6. The van der Waals surface area contributed by atoms with Crippen LogP contribution < -0.4 is 5.56 Å². The molecule has 0 aliphatic carbocycles. The third-order valence-electron chi connectivity index (χ3n) is 2.66. The minimum Gasteiger partial charge on any atom is -0.478 e. The second kappa shape index (κ2) is 6.91. The van der Waals surface area contributed by atoms with Gasteiger partial charge in [0.1, 0.15) is 0 Å². The summed E-state index contributed by atoms with van der Waals surface area (Å²) in [6, 6.07) is 6.39. The van der Waals surface area contributed by atoms with E-state index in [1.807, 2.05) is 6.92 Å². The van der Waals surface area contributed by atoms with E-state index >= 15 is 0 Å². The van der Waals surface area contributed by atoms with Crippen LogP contribution >= 0.6 is 27.7 Å². The molecule has 1 aromatic heterocycles. The van der Waals surface area contributed by atoms with Crippen molar-refractivity contribution in [3.8, 4) is 0 Å². The first-order valence-electron chi connectivity index (χ1n) is 6.30. The van der Waals surface area contributed by atoms with E-state index in [9.17, 15) is 9.59 Å². The Morgan fingerprint density at radius 3 is 2.81 bits per heavy atom. The highest BCUT2D eigenvalue weighted by molar-refractivity contribution is 9.10. The number of nitrogens with zero attached hydrogens (tertiary/aromatic N) is 1. The van der Waals surface area contributed by atoms with Gasteiger partial charge in [-0.1, -0.05) is 25.1 Å². The third kappa shape index (κ3) is 4.18. The first kappa shape index (κ1) is 15.8. The van der Waals surface area contributed by atoms with Crippen molar-refractivity contribution in [2.75, 3.05) is 0 Å². The molecule has 0 aliphatic heterocycles. The summed E-state index contributed by atoms with van der Waals surface area (Å²) in [6.45, 7) is 2.03. The summed E-state index contributed by atoms with van der Waals surface area (Å²) in [6.07, 6.45) is 1.67. The molecule has 110 valence electrons.